The summed E-state index contributed by atoms with van der Waals surface area (Å²) in [5.41, 5.74) is -0.0427. The minimum atomic E-state index is -4.36. The summed E-state index contributed by atoms with van der Waals surface area (Å²) >= 11 is 0. The topological polar surface area (TPSA) is 49.9 Å². The van der Waals surface area contributed by atoms with Crippen LogP contribution in [-0.4, -0.2) is 54.6 Å². The molecule has 1 aromatic carbocycles. The van der Waals surface area contributed by atoms with Crippen molar-refractivity contribution in [3.05, 3.63) is 42.3 Å². The summed E-state index contributed by atoms with van der Waals surface area (Å²) in [7, 11) is 0. The second-order valence-electron chi connectivity index (χ2n) is 6.03. The zero-order valence-corrected chi connectivity index (χ0v) is 14.4. The van der Waals surface area contributed by atoms with Crippen LogP contribution in [-0.2, 0) is 22.1 Å². The SMILES string of the molecule is [CH2]CCC(=O)N1CCN(C(=O)OCCc2ccc(C(F)(F)F)cc2)CC1. The van der Waals surface area contributed by atoms with Crippen molar-refractivity contribution in [2.75, 3.05) is 32.8 Å². The van der Waals surface area contributed by atoms with Crippen molar-refractivity contribution in [2.45, 2.75) is 25.4 Å². The zero-order chi connectivity index (χ0) is 19.2. The highest BCUT2D eigenvalue weighted by Crippen LogP contribution is 2.29. The monoisotopic (exact) mass is 371 g/mol. The number of carbonyl (C=O) groups excluding carboxylic acids is 2. The van der Waals surface area contributed by atoms with Gasteiger partial charge in [0.25, 0.3) is 0 Å². The van der Waals surface area contributed by atoms with E-state index in [0.29, 0.717) is 51.0 Å². The van der Waals surface area contributed by atoms with E-state index in [4.69, 9.17) is 4.74 Å². The molecule has 1 aliphatic heterocycles. The number of carbonyl (C=O) groups is 2. The van der Waals surface area contributed by atoms with Gasteiger partial charge in [-0.25, -0.2) is 4.79 Å². The van der Waals surface area contributed by atoms with Crippen LogP contribution in [0.5, 0.6) is 0 Å². The fourth-order valence-corrected chi connectivity index (χ4v) is 2.66. The Hall–Kier alpha value is -2.25. The van der Waals surface area contributed by atoms with Crippen molar-refractivity contribution >= 4 is 12.0 Å². The molecule has 1 aromatic rings. The number of hydrogen-bond acceptors (Lipinski definition) is 3. The molecule has 2 rings (SSSR count). The molecule has 0 N–H and O–H groups in total. The minimum Gasteiger partial charge on any atom is -0.449 e. The molecule has 0 aromatic heterocycles. The van der Waals surface area contributed by atoms with Gasteiger partial charge in [0.15, 0.2) is 0 Å². The molecule has 1 fully saturated rings. The van der Waals surface area contributed by atoms with Crippen LogP contribution >= 0.6 is 0 Å². The molecule has 0 bridgehead atoms. The van der Waals surface area contributed by atoms with Crippen LogP contribution < -0.4 is 0 Å². The van der Waals surface area contributed by atoms with Crippen LogP contribution in [0.15, 0.2) is 24.3 Å². The normalized spacial score (nSPS) is 15.1. The van der Waals surface area contributed by atoms with Crippen molar-refractivity contribution in [2.24, 2.45) is 0 Å². The van der Waals surface area contributed by atoms with E-state index in [1.54, 1.807) is 4.90 Å². The summed E-state index contributed by atoms with van der Waals surface area (Å²) < 4.78 is 42.7. The van der Waals surface area contributed by atoms with E-state index in [-0.39, 0.29) is 12.5 Å². The number of amides is 2. The molecule has 1 aliphatic rings. The number of benzene rings is 1. The summed E-state index contributed by atoms with van der Waals surface area (Å²) in [6.07, 6.45) is -3.54. The quantitative estimate of drug-likeness (QED) is 0.799. The third-order valence-electron chi connectivity index (χ3n) is 4.18. The predicted octanol–water partition coefficient (Wildman–Crippen LogP) is 3.14. The molecule has 1 radical (unpaired) electrons. The van der Waals surface area contributed by atoms with Gasteiger partial charge in [-0.1, -0.05) is 19.1 Å². The maximum absolute atomic E-state index is 12.5. The number of rotatable bonds is 5. The van der Waals surface area contributed by atoms with E-state index in [1.807, 2.05) is 0 Å². The highest BCUT2D eigenvalue weighted by molar-refractivity contribution is 5.76. The molecule has 5 nitrogen and oxygen atoms in total. The smallest absolute Gasteiger partial charge is 0.416 e. The van der Waals surface area contributed by atoms with Gasteiger partial charge >= 0.3 is 12.3 Å². The molecule has 0 atom stereocenters. The second-order valence-corrected chi connectivity index (χ2v) is 6.03. The van der Waals surface area contributed by atoms with E-state index in [0.717, 1.165) is 12.1 Å². The van der Waals surface area contributed by atoms with E-state index >= 15 is 0 Å². The van der Waals surface area contributed by atoms with Gasteiger partial charge in [-0.15, -0.1) is 0 Å². The van der Waals surface area contributed by atoms with Crippen molar-refractivity contribution in [1.82, 2.24) is 9.80 Å². The summed E-state index contributed by atoms with van der Waals surface area (Å²) in [5.74, 6) is 0.0373. The lowest BCUT2D eigenvalue weighted by atomic mass is 10.1. The van der Waals surface area contributed by atoms with E-state index < -0.39 is 17.8 Å². The minimum absolute atomic E-state index is 0.0373. The number of halogens is 3. The summed E-state index contributed by atoms with van der Waals surface area (Å²) in [6.45, 7) is 5.48. The average Bonchev–Trinajstić information content (AvgIpc) is 2.61. The summed E-state index contributed by atoms with van der Waals surface area (Å²) in [4.78, 5) is 27.0. The van der Waals surface area contributed by atoms with Crippen LogP contribution in [0.2, 0.25) is 0 Å². The number of alkyl halides is 3. The van der Waals surface area contributed by atoms with Crippen LogP contribution in [0.4, 0.5) is 18.0 Å². The first-order valence-corrected chi connectivity index (χ1v) is 8.46. The Labute approximate surface area is 150 Å². The Balaban J connectivity index is 1.72. The Morgan fingerprint density at radius 2 is 1.62 bits per heavy atom. The third-order valence-corrected chi connectivity index (χ3v) is 4.18. The highest BCUT2D eigenvalue weighted by Gasteiger charge is 2.30. The van der Waals surface area contributed by atoms with Crippen molar-refractivity contribution in [3.8, 4) is 0 Å². The lowest BCUT2D eigenvalue weighted by Crippen LogP contribution is -2.50. The van der Waals surface area contributed by atoms with Crippen LogP contribution in [0.25, 0.3) is 0 Å². The Morgan fingerprint density at radius 3 is 2.15 bits per heavy atom. The molecule has 143 valence electrons. The average molecular weight is 371 g/mol. The van der Waals surface area contributed by atoms with E-state index in [2.05, 4.69) is 6.92 Å². The number of nitrogens with zero attached hydrogens (tertiary/aromatic N) is 2. The predicted molar refractivity (Wildman–Crippen MR) is 89.2 cm³/mol. The van der Waals surface area contributed by atoms with Crippen LogP contribution in [0, 0.1) is 6.92 Å². The number of ether oxygens (including phenoxy) is 1. The van der Waals surface area contributed by atoms with Crippen LogP contribution in [0.1, 0.15) is 24.0 Å². The van der Waals surface area contributed by atoms with Crippen LogP contribution in [0.3, 0.4) is 0 Å². The maximum atomic E-state index is 12.5. The molecule has 0 aliphatic carbocycles. The molecule has 2 amide bonds. The molecule has 26 heavy (non-hydrogen) atoms. The van der Waals surface area contributed by atoms with Gasteiger partial charge in [0.05, 0.1) is 12.2 Å². The summed E-state index contributed by atoms with van der Waals surface area (Å²) in [5, 5.41) is 0. The first-order valence-electron chi connectivity index (χ1n) is 8.46. The van der Waals surface area contributed by atoms with Crippen molar-refractivity contribution < 1.29 is 27.5 Å². The molecule has 0 spiro atoms. The zero-order valence-electron chi connectivity index (χ0n) is 14.4. The van der Waals surface area contributed by atoms with Gasteiger partial charge in [0.2, 0.25) is 5.91 Å². The lowest BCUT2D eigenvalue weighted by Gasteiger charge is -2.34. The summed E-state index contributed by atoms with van der Waals surface area (Å²) in [6, 6.07) is 4.78. The largest absolute Gasteiger partial charge is 0.449 e. The lowest BCUT2D eigenvalue weighted by molar-refractivity contribution is -0.137. The maximum Gasteiger partial charge on any atom is 0.416 e. The highest BCUT2D eigenvalue weighted by atomic mass is 19.4. The molecule has 0 saturated carbocycles. The third kappa shape index (κ3) is 5.64. The second kappa shape index (κ2) is 8.91. The van der Waals surface area contributed by atoms with Gasteiger partial charge in [0.1, 0.15) is 0 Å². The molecule has 1 heterocycles. The Morgan fingerprint density at radius 1 is 1.04 bits per heavy atom. The van der Waals surface area contributed by atoms with E-state index in [9.17, 15) is 22.8 Å². The van der Waals surface area contributed by atoms with E-state index in [1.165, 1.54) is 17.0 Å². The van der Waals surface area contributed by atoms with Gasteiger partial charge < -0.3 is 14.5 Å². The molecule has 8 heteroatoms. The first kappa shape index (κ1) is 20.1. The van der Waals surface area contributed by atoms with Gasteiger partial charge in [0, 0.05) is 39.0 Å². The van der Waals surface area contributed by atoms with Gasteiger partial charge in [-0.3, -0.25) is 4.79 Å². The Kier molecular flexibility index (Phi) is 6.88. The molecular formula is C18H22F3N2O3. The fraction of sp³-hybridized carbons (Fsp3) is 0.500. The number of piperazine rings is 1. The fourth-order valence-electron chi connectivity index (χ4n) is 2.66. The Bertz CT molecular complexity index is 609. The number of hydrogen-bond donors (Lipinski definition) is 0. The van der Waals surface area contributed by atoms with Gasteiger partial charge in [-0.05, 0) is 24.1 Å². The van der Waals surface area contributed by atoms with Crippen molar-refractivity contribution in [1.29, 1.82) is 0 Å². The molecule has 1 saturated heterocycles. The molecular weight excluding hydrogens is 349 g/mol. The first-order chi connectivity index (χ1) is 12.3. The van der Waals surface area contributed by atoms with Gasteiger partial charge in [-0.2, -0.15) is 13.2 Å². The molecule has 0 unspecified atom stereocenters. The standard InChI is InChI=1S/C18H22F3N2O3/c1-2-3-16(24)22-9-11-23(12-10-22)17(25)26-13-8-14-4-6-15(7-5-14)18(19,20)21/h4-7H,1-3,8-13H2. The van der Waals surface area contributed by atoms with Crippen molar-refractivity contribution in [3.63, 3.8) is 0 Å².